The molecule has 2 aromatic rings. The lowest BCUT2D eigenvalue weighted by Crippen LogP contribution is -2.58. The van der Waals surface area contributed by atoms with Gasteiger partial charge in [0.15, 0.2) is 0 Å². The number of nitrogens with zero attached hydrogens (tertiary/aromatic N) is 2. The molecule has 2 unspecified atom stereocenters. The molecule has 4 heterocycles. The normalized spacial score (nSPS) is 32.4. The quantitative estimate of drug-likeness (QED) is 0.708. The van der Waals surface area contributed by atoms with Crippen LogP contribution in [0.1, 0.15) is 37.4 Å². The Morgan fingerprint density at radius 1 is 1.10 bits per heavy atom. The number of benzene rings is 1. The second-order valence-corrected chi connectivity index (χ2v) is 7.01. The molecule has 3 aliphatic rings. The number of fused-ring (bicyclic) bond motifs is 3. The molecule has 3 aliphatic heterocycles. The molecule has 0 amide bonds. The third-order valence-electron chi connectivity index (χ3n) is 6.32. The lowest BCUT2D eigenvalue weighted by atomic mass is 9.69. The van der Waals surface area contributed by atoms with Gasteiger partial charge in [-0.2, -0.15) is 0 Å². The van der Waals surface area contributed by atoms with Gasteiger partial charge in [0.05, 0.1) is 5.54 Å². The largest absolute Gasteiger partial charge is 0.343 e. The van der Waals surface area contributed by atoms with E-state index in [1.54, 1.807) is 11.3 Å². The van der Waals surface area contributed by atoms with Crippen LogP contribution in [0.15, 0.2) is 24.3 Å². The highest BCUT2D eigenvalue weighted by molar-refractivity contribution is 5.86. The first-order valence-electron chi connectivity index (χ1n) is 8.16. The average molecular weight is 266 g/mol. The summed E-state index contributed by atoms with van der Waals surface area (Å²) in [6.45, 7) is 6.31. The minimum absolute atomic E-state index is 0.309. The van der Waals surface area contributed by atoms with Crippen LogP contribution < -0.4 is 0 Å². The van der Waals surface area contributed by atoms with Gasteiger partial charge in [-0.3, -0.25) is 4.90 Å². The van der Waals surface area contributed by atoms with E-state index in [2.05, 4.69) is 40.7 Å². The molecule has 0 radical (unpaired) electrons. The highest BCUT2D eigenvalue weighted by atomic mass is 15.3. The SMILES string of the molecule is CC12c3c4c5ccccc5n3CCC1CCCN2CC4. The number of hydrogen-bond donors (Lipinski definition) is 0. The second-order valence-electron chi connectivity index (χ2n) is 7.01. The molecule has 2 atom stereocenters. The summed E-state index contributed by atoms with van der Waals surface area (Å²) in [6, 6.07) is 9.07. The van der Waals surface area contributed by atoms with Crippen molar-refractivity contribution in [2.45, 2.75) is 44.7 Å². The number of aromatic nitrogens is 1. The summed E-state index contributed by atoms with van der Waals surface area (Å²) in [5.41, 5.74) is 5.11. The minimum atomic E-state index is 0.309. The molecule has 2 heteroatoms. The zero-order valence-electron chi connectivity index (χ0n) is 12.2. The number of para-hydroxylation sites is 1. The number of piperidine rings is 1. The third-order valence-corrected chi connectivity index (χ3v) is 6.32. The summed E-state index contributed by atoms with van der Waals surface area (Å²) in [4.78, 5) is 2.79. The predicted octanol–water partition coefficient (Wildman–Crippen LogP) is 3.53. The first-order valence-corrected chi connectivity index (χ1v) is 8.16. The van der Waals surface area contributed by atoms with E-state index in [9.17, 15) is 0 Å². The highest BCUT2D eigenvalue weighted by Crippen LogP contribution is 2.52. The van der Waals surface area contributed by atoms with Crippen LogP contribution >= 0.6 is 0 Å². The fourth-order valence-electron chi connectivity index (χ4n) is 5.38. The van der Waals surface area contributed by atoms with Crippen LogP contribution in [0.5, 0.6) is 0 Å². The van der Waals surface area contributed by atoms with E-state index in [0.717, 1.165) is 5.92 Å². The van der Waals surface area contributed by atoms with Gasteiger partial charge < -0.3 is 4.57 Å². The van der Waals surface area contributed by atoms with Gasteiger partial charge in [0, 0.05) is 29.7 Å². The molecule has 104 valence electrons. The van der Waals surface area contributed by atoms with E-state index in [-0.39, 0.29) is 0 Å². The molecular weight excluding hydrogens is 244 g/mol. The van der Waals surface area contributed by atoms with Crippen LogP contribution in [0.4, 0.5) is 0 Å². The summed E-state index contributed by atoms with van der Waals surface area (Å²) in [5.74, 6) is 0.868. The highest BCUT2D eigenvalue weighted by Gasteiger charge is 2.50. The van der Waals surface area contributed by atoms with Gasteiger partial charge >= 0.3 is 0 Å². The molecule has 0 N–H and O–H groups in total. The maximum Gasteiger partial charge on any atom is 0.0617 e. The van der Waals surface area contributed by atoms with Crippen LogP contribution in [0.3, 0.4) is 0 Å². The molecule has 0 saturated carbocycles. The Bertz CT molecular complexity index is 644. The van der Waals surface area contributed by atoms with Crippen molar-refractivity contribution in [3.8, 4) is 0 Å². The van der Waals surface area contributed by atoms with Crippen LogP contribution in [0.25, 0.3) is 10.9 Å². The van der Waals surface area contributed by atoms with Crippen LogP contribution in [0.2, 0.25) is 0 Å². The van der Waals surface area contributed by atoms with E-state index in [1.807, 2.05) is 0 Å². The molecule has 0 aliphatic carbocycles. The number of aryl methyl sites for hydroxylation is 1. The van der Waals surface area contributed by atoms with Crippen LogP contribution in [-0.2, 0) is 18.5 Å². The molecule has 0 spiro atoms. The van der Waals surface area contributed by atoms with Crippen LogP contribution in [0, 0.1) is 5.92 Å². The Balaban J connectivity index is 1.88. The van der Waals surface area contributed by atoms with Gasteiger partial charge in [-0.15, -0.1) is 0 Å². The first-order chi connectivity index (χ1) is 9.80. The smallest absolute Gasteiger partial charge is 0.0617 e. The van der Waals surface area contributed by atoms with Gasteiger partial charge in [-0.25, -0.2) is 0 Å². The number of rotatable bonds is 0. The summed E-state index contributed by atoms with van der Waals surface area (Å²) in [6.07, 6.45) is 5.42. The lowest BCUT2D eigenvalue weighted by molar-refractivity contribution is -0.0275. The topological polar surface area (TPSA) is 8.17 Å². The van der Waals surface area contributed by atoms with Crippen molar-refractivity contribution in [2.75, 3.05) is 13.1 Å². The fraction of sp³-hybridized carbons (Fsp3) is 0.556. The monoisotopic (exact) mass is 266 g/mol. The van der Waals surface area contributed by atoms with E-state index >= 15 is 0 Å². The molecule has 1 aromatic carbocycles. The van der Waals surface area contributed by atoms with Crippen molar-refractivity contribution in [1.82, 2.24) is 9.47 Å². The molecule has 1 fully saturated rings. The molecular formula is C18H22N2. The van der Waals surface area contributed by atoms with E-state index in [0.29, 0.717) is 5.54 Å². The van der Waals surface area contributed by atoms with Crippen molar-refractivity contribution >= 4 is 10.9 Å². The summed E-state index contributed by atoms with van der Waals surface area (Å²) in [7, 11) is 0. The minimum Gasteiger partial charge on any atom is -0.343 e. The Morgan fingerprint density at radius 3 is 2.95 bits per heavy atom. The zero-order valence-corrected chi connectivity index (χ0v) is 12.2. The van der Waals surface area contributed by atoms with E-state index in [4.69, 9.17) is 0 Å². The van der Waals surface area contributed by atoms with Gasteiger partial charge in [0.1, 0.15) is 0 Å². The van der Waals surface area contributed by atoms with Crippen molar-refractivity contribution in [3.63, 3.8) is 0 Å². The molecule has 1 saturated heterocycles. The standard InChI is InChI=1S/C18H22N2/c1-18-13-5-4-10-19(18)11-9-15-14-6-2-3-7-16(14)20(12-8-13)17(15)18/h2-3,6-7,13H,4-5,8-12H2,1H3. The maximum absolute atomic E-state index is 2.79. The second kappa shape index (κ2) is 3.67. The average Bonchev–Trinajstić information content (AvgIpc) is 2.81. The Kier molecular flexibility index (Phi) is 2.09. The third kappa shape index (κ3) is 1.16. The predicted molar refractivity (Wildman–Crippen MR) is 81.9 cm³/mol. The summed E-state index contributed by atoms with van der Waals surface area (Å²) < 4.78 is 2.65. The zero-order chi connectivity index (χ0) is 13.3. The lowest BCUT2D eigenvalue weighted by Gasteiger charge is -2.55. The summed E-state index contributed by atoms with van der Waals surface area (Å²) >= 11 is 0. The van der Waals surface area contributed by atoms with E-state index in [1.165, 1.54) is 56.2 Å². The van der Waals surface area contributed by atoms with Gasteiger partial charge in [-0.05, 0) is 56.7 Å². The summed E-state index contributed by atoms with van der Waals surface area (Å²) in [5, 5.41) is 1.52. The molecule has 1 aromatic heterocycles. The Labute approximate surface area is 120 Å². The van der Waals surface area contributed by atoms with Crippen molar-refractivity contribution in [1.29, 1.82) is 0 Å². The molecule has 0 bridgehead atoms. The fourth-order valence-corrected chi connectivity index (χ4v) is 5.38. The van der Waals surface area contributed by atoms with Crippen molar-refractivity contribution in [3.05, 3.63) is 35.5 Å². The van der Waals surface area contributed by atoms with Gasteiger partial charge in [0.2, 0.25) is 0 Å². The molecule has 5 rings (SSSR count). The van der Waals surface area contributed by atoms with Gasteiger partial charge in [0.25, 0.3) is 0 Å². The van der Waals surface area contributed by atoms with Crippen molar-refractivity contribution in [2.24, 2.45) is 5.92 Å². The number of hydrogen-bond acceptors (Lipinski definition) is 1. The maximum atomic E-state index is 2.79. The Hall–Kier alpha value is -1.28. The molecule has 20 heavy (non-hydrogen) atoms. The van der Waals surface area contributed by atoms with Gasteiger partial charge in [-0.1, -0.05) is 18.2 Å². The van der Waals surface area contributed by atoms with E-state index < -0.39 is 0 Å². The van der Waals surface area contributed by atoms with Crippen molar-refractivity contribution < 1.29 is 0 Å². The Morgan fingerprint density at radius 2 is 2.00 bits per heavy atom. The molecule has 2 nitrogen and oxygen atoms in total. The van der Waals surface area contributed by atoms with Crippen LogP contribution in [-0.4, -0.2) is 22.6 Å². The first kappa shape index (κ1) is 11.4.